The number of anilines is 1. The standard InChI is InChI=1S/C27H32N4O2/c1-6-27(3,4)19-7-10-21(11-8-19)33-24-13-14-31(17-18(24)2)23-15-25(32)30(5)22-12-9-20(16-28)29-26(22)23/h7-12,15,18,24H,6,13-14,17H2,1-5H3/t18-,24-/m1/s1. The highest BCUT2D eigenvalue weighted by atomic mass is 16.5. The summed E-state index contributed by atoms with van der Waals surface area (Å²) in [7, 11) is 1.73. The smallest absolute Gasteiger partial charge is 0.252 e. The zero-order chi connectivity index (χ0) is 23.8. The fraction of sp³-hybridized carbons (Fsp3) is 0.444. The monoisotopic (exact) mass is 444 g/mol. The summed E-state index contributed by atoms with van der Waals surface area (Å²) in [6.45, 7) is 10.4. The second kappa shape index (κ2) is 8.90. The van der Waals surface area contributed by atoms with Gasteiger partial charge in [0.2, 0.25) is 0 Å². The van der Waals surface area contributed by atoms with E-state index in [1.165, 1.54) is 5.56 Å². The first-order valence-corrected chi connectivity index (χ1v) is 11.7. The number of benzene rings is 1. The third-order valence-corrected chi connectivity index (χ3v) is 7.16. The molecule has 0 amide bonds. The number of hydrogen-bond acceptors (Lipinski definition) is 5. The molecule has 0 spiro atoms. The summed E-state index contributed by atoms with van der Waals surface area (Å²) in [5.41, 5.74) is 3.97. The van der Waals surface area contributed by atoms with Crippen LogP contribution in [-0.2, 0) is 12.5 Å². The summed E-state index contributed by atoms with van der Waals surface area (Å²) in [5, 5.41) is 9.30. The average Bonchev–Trinajstić information content (AvgIpc) is 2.82. The topological polar surface area (TPSA) is 71.2 Å². The maximum absolute atomic E-state index is 12.6. The van der Waals surface area contributed by atoms with E-state index in [1.54, 1.807) is 29.8 Å². The van der Waals surface area contributed by atoms with Crippen molar-refractivity contribution in [2.75, 3.05) is 18.0 Å². The highest BCUT2D eigenvalue weighted by molar-refractivity contribution is 5.88. The molecule has 33 heavy (non-hydrogen) atoms. The lowest BCUT2D eigenvalue weighted by Crippen LogP contribution is -2.45. The molecule has 3 aromatic rings. The van der Waals surface area contributed by atoms with Crippen molar-refractivity contribution in [3.63, 3.8) is 0 Å². The quantitative estimate of drug-likeness (QED) is 0.566. The van der Waals surface area contributed by atoms with Gasteiger partial charge in [-0.1, -0.05) is 39.8 Å². The van der Waals surface area contributed by atoms with Gasteiger partial charge in [-0.2, -0.15) is 5.26 Å². The van der Waals surface area contributed by atoms with Crippen LogP contribution in [0.5, 0.6) is 5.75 Å². The van der Waals surface area contributed by atoms with Crippen LogP contribution in [0.1, 0.15) is 51.8 Å². The van der Waals surface area contributed by atoms with E-state index in [2.05, 4.69) is 67.9 Å². The van der Waals surface area contributed by atoms with E-state index in [1.807, 2.05) is 0 Å². The third kappa shape index (κ3) is 4.45. The first kappa shape index (κ1) is 22.8. The Kier molecular flexibility index (Phi) is 6.16. The first-order valence-electron chi connectivity index (χ1n) is 11.7. The van der Waals surface area contributed by atoms with Gasteiger partial charge >= 0.3 is 0 Å². The second-order valence-electron chi connectivity index (χ2n) is 9.73. The van der Waals surface area contributed by atoms with E-state index in [0.717, 1.165) is 42.9 Å². The van der Waals surface area contributed by atoms with Crippen LogP contribution in [0.4, 0.5) is 5.69 Å². The lowest BCUT2D eigenvalue weighted by Gasteiger charge is -2.38. The van der Waals surface area contributed by atoms with E-state index in [-0.39, 0.29) is 23.0 Å². The number of hydrogen-bond donors (Lipinski definition) is 0. The van der Waals surface area contributed by atoms with Crippen molar-refractivity contribution in [1.29, 1.82) is 5.26 Å². The molecule has 1 aliphatic heterocycles. The predicted octanol–water partition coefficient (Wildman–Crippen LogP) is 4.79. The van der Waals surface area contributed by atoms with Crippen LogP contribution in [0, 0.1) is 17.2 Å². The number of aromatic nitrogens is 2. The molecule has 1 aromatic carbocycles. The van der Waals surface area contributed by atoms with E-state index in [9.17, 15) is 10.1 Å². The van der Waals surface area contributed by atoms with Crippen molar-refractivity contribution in [1.82, 2.24) is 9.55 Å². The second-order valence-corrected chi connectivity index (χ2v) is 9.73. The van der Waals surface area contributed by atoms with Gasteiger partial charge in [0.25, 0.3) is 5.56 Å². The number of nitriles is 1. The van der Waals surface area contributed by atoms with Crippen LogP contribution in [0.3, 0.4) is 0 Å². The Balaban J connectivity index is 1.53. The van der Waals surface area contributed by atoms with Crippen LogP contribution in [0.15, 0.2) is 47.3 Å². The molecule has 3 heterocycles. The fourth-order valence-corrected chi connectivity index (χ4v) is 4.50. The number of ether oxygens (including phenoxy) is 1. The van der Waals surface area contributed by atoms with E-state index < -0.39 is 0 Å². The molecule has 1 fully saturated rings. The zero-order valence-electron chi connectivity index (χ0n) is 20.1. The summed E-state index contributed by atoms with van der Waals surface area (Å²) in [4.78, 5) is 19.3. The van der Waals surface area contributed by atoms with Gasteiger partial charge in [-0.15, -0.1) is 0 Å². The highest BCUT2D eigenvalue weighted by Gasteiger charge is 2.29. The van der Waals surface area contributed by atoms with Crippen LogP contribution in [-0.4, -0.2) is 28.7 Å². The van der Waals surface area contributed by atoms with Crippen molar-refractivity contribution in [2.45, 2.75) is 52.1 Å². The van der Waals surface area contributed by atoms with Gasteiger partial charge in [-0.25, -0.2) is 4.98 Å². The molecule has 0 aliphatic carbocycles. The number of pyridine rings is 2. The first-order chi connectivity index (χ1) is 15.7. The minimum atomic E-state index is -0.0786. The molecule has 0 N–H and O–H groups in total. The van der Waals surface area contributed by atoms with E-state index in [0.29, 0.717) is 11.2 Å². The third-order valence-electron chi connectivity index (χ3n) is 7.16. The molecule has 2 aromatic heterocycles. The van der Waals surface area contributed by atoms with Gasteiger partial charge in [0.15, 0.2) is 0 Å². The predicted molar refractivity (Wildman–Crippen MR) is 132 cm³/mol. The summed E-state index contributed by atoms with van der Waals surface area (Å²) in [5.74, 6) is 1.17. The Labute approximate surface area is 195 Å². The van der Waals surface area contributed by atoms with Gasteiger partial charge in [0.05, 0.1) is 11.2 Å². The molecule has 1 saturated heterocycles. The lowest BCUT2D eigenvalue weighted by atomic mass is 9.82. The normalized spacial score (nSPS) is 18.8. The molecule has 1 aliphatic rings. The number of aryl methyl sites for hydroxylation is 1. The Bertz CT molecular complexity index is 1250. The van der Waals surface area contributed by atoms with E-state index >= 15 is 0 Å². The van der Waals surface area contributed by atoms with Crippen LogP contribution in [0.25, 0.3) is 11.0 Å². The average molecular weight is 445 g/mol. The Morgan fingerprint density at radius 1 is 1.21 bits per heavy atom. The van der Waals surface area contributed by atoms with Crippen LogP contribution >= 0.6 is 0 Å². The number of piperidine rings is 1. The van der Waals surface area contributed by atoms with Gasteiger partial charge in [0.1, 0.15) is 29.1 Å². The maximum atomic E-state index is 12.6. The summed E-state index contributed by atoms with van der Waals surface area (Å²) in [6, 6.07) is 15.7. The Morgan fingerprint density at radius 3 is 2.58 bits per heavy atom. The molecule has 0 unspecified atom stereocenters. The largest absolute Gasteiger partial charge is 0.490 e. The van der Waals surface area contributed by atoms with Crippen molar-refractivity contribution >= 4 is 16.7 Å². The molecule has 172 valence electrons. The molecule has 6 heteroatoms. The zero-order valence-corrected chi connectivity index (χ0v) is 20.1. The molecule has 0 saturated carbocycles. The minimum Gasteiger partial charge on any atom is -0.490 e. The number of rotatable bonds is 5. The Morgan fingerprint density at radius 2 is 1.94 bits per heavy atom. The lowest BCUT2D eigenvalue weighted by molar-refractivity contribution is 0.121. The van der Waals surface area contributed by atoms with Crippen molar-refractivity contribution < 1.29 is 4.74 Å². The SMILES string of the molecule is CCC(C)(C)c1ccc(O[C@@H]2CCN(c3cc(=O)n(C)c4ccc(C#N)nc34)C[C@H]2C)cc1. The molecule has 6 nitrogen and oxygen atoms in total. The molecular formula is C27H32N4O2. The number of fused-ring (bicyclic) bond motifs is 1. The van der Waals surface area contributed by atoms with Gasteiger partial charge < -0.3 is 14.2 Å². The van der Waals surface area contributed by atoms with E-state index in [4.69, 9.17) is 4.74 Å². The number of nitrogens with zero attached hydrogens (tertiary/aromatic N) is 4. The van der Waals surface area contributed by atoms with Crippen molar-refractivity contribution in [2.24, 2.45) is 13.0 Å². The summed E-state index contributed by atoms with van der Waals surface area (Å²) in [6.07, 6.45) is 2.04. The van der Waals surface area contributed by atoms with Gasteiger partial charge in [-0.05, 0) is 41.7 Å². The van der Waals surface area contributed by atoms with Gasteiger partial charge in [-0.3, -0.25) is 4.79 Å². The molecule has 0 bridgehead atoms. The van der Waals surface area contributed by atoms with Crippen LogP contribution < -0.4 is 15.2 Å². The maximum Gasteiger partial charge on any atom is 0.252 e. The summed E-state index contributed by atoms with van der Waals surface area (Å²) >= 11 is 0. The van der Waals surface area contributed by atoms with Crippen molar-refractivity contribution in [3.8, 4) is 11.8 Å². The van der Waals surface area contributed by atoms with Gasteiger partial charge in [0, 0.05) is 38.5 Å². The molecule has 2 atom stereocenters. The molecule has 0 radical (unpaired) electrons. The minimum absolute atomic E-state index is 0.0786. The highest BCUT2D eigenvalue weighted by Crippen LogP contribution is 2.32. The molecular weight excluding hydrogens is 412 g/mol. The Hall–Kier alpha value is -3.33. The molecule has 4 rings (SSSR count). The van der Waals surface area contributed by atoms with Crippen molar-refractivity contribution in [3.05, 3.63) is 64.1 Å². The summed E-state index contributed by atoms with van der Waals surface area (Å²) < 4.78 is 7.95. The van der Waals surface area contributed by atoms with Crippen LogP contribution in [0.2, 0.25) is 0 Å². The fourth-order valence-electron chi connectivity index (χ4n) is 4.50.